The van der Waals surface area contributed by atoms with Crippen molar-refractivity contribution < 1.29 is 28.5 Å². The first kappa shape index (κ1) is 23.7. The number of rotatable bonds is 10. The monoisotopic (exact) mass is 449 g/mol. The highest BCUT2D eigenvalue weighted by Crippen LogP contribution is 2.24. The van der Waals surface area contributed by atoms with Gasteiger partial charge in [-0.15, -0.1) is 0 Å². The maximum absolute atomic E-state index is 13.0. The molecule has 0 N–H and O–H groups in total. The Labute approximate surface area is 193 Å². The lowest BCUT2D eigenvalue weighted by molar-refractivity contribution is -0.142. The standard InChI is InChI=1S/C26H27NO6/c1-18-12-24(26(29)20-7-9-21(30-2)10-8-20)27(16-18)11-5-6-19-13-22(31-3)15-23(14-19)33-17-25(28)32-4/h5-10,12-16H,11,17H2,1-4H3. The van der Waals surface area contributed by atoms with E-state index in [0.717, 1.165) is 11.1 Å². The topological polar surface area (TPSA) is 76.0 Å². The normalized spacial score (nSPS) is 10.8. The van der Waals surface area contributed by atoms with Crippen LogP contribution in [0, 0.1) is 6.92 Å². The molecule has 0 spiro atoms. The molecule has 0 aliphatic rings. The molecule has 33 heavy (non-hydrogen) atoms. The van der Waals surface area contributed by atoms with Gasteiger partial charge in [-0.25, -0.2) is 4.79 Å². The quantitative estimate of drug-likeness (QED) is 0.339. The number of hydrogen-bond donors (Lipinski definition) is 0. The van der Waals surface area contributed by atoms with Gasteiger partial charge in [0.2, 0.25) is 5.78 Å². The maximum atomic E-state index is 13.0. The van der Waals surface area contributed by atoms with E-state index in [1.165, 1.54) is 7.11 Å². The van der Waals surface area contributed by atoms with Gasteiger partial charge in [0.05, 0.1) is 27.0 Å². The molecule has 7 nitrogen and oxygen atoms in total. The fraction of sp³-hybridized carbons (Fsp3) is 0.231. The molecule has 1 heterocycles. The van der Waals surface area contributed by atoms with Gasteiger partial charge in [-0.2, -0.15) is 0 Å². The first-order valence-corrected chi connectivity index (χ1v) is 10.3. The van der Waals surface area contributed by atoms with E-state index in [9.17, 15) is 9.59 Å². The van der Waals surface area contributed by atoms with Crippen molar-refractivity contribution in [1.82, 2.24) is 4.57 Å². The molecule has 0 amide bonds. The van der Waals surface area contributed by atoms with Crippen LogP contribution >= 0.6 is 0 Å². The molecule has 0 unspecified atom stereocenters. The minimum Gasteiger partial charge on any atom is -0.497 e. The number of carbonyl (C=O) groups is 2. The van der Waals surface area contributed by atoms with Crippen molar-refractivity contribution in [2.45, 2.75) is 13.5 Å². The van der Waals surface area contributed by atoms with Gasteiger partial charge >= 0.3 is 5.97 Å². The van der Waals surface area contributed by atoms with Crippen molar-refractivity contribution in [2.24, 2.45) is 0 Å². The summed E-state index contributed by atoms with van der Waals surface area (Å²) in [7, 11) is 4.46. The third kappa shape index (κ3) is 6.26. The summed E-state index contributed by atoms with van der Waals surface area (Å²) in [5, 5.41) is 0. The fourth-order valence-corrected chi connectivity index (χ4v) is 3.28. The van der Waals surface area contributed by atoms with Crippen LogP contribution in [0.3, 0.4) is 0 Å². The van der Waals surface area contributed by atoms with Crippen molar-refractivity contribution in [3.63, 3.8) is 0 Å². The second-order valence-electron chi connectivity index (χ2n) is 7.32. The van der Waals surface area contributed by atoms with Gasteiger partial charge < -0.3 is 23.5 Å². The van der Waals surface area contributed by atoms with E-state index < -0.39 is 5.97 Å². The number of hydrogen-bond acceptors (Lipinski definition) is 6. The number of aryl methyl sites for hydroxylation is 1. The Hall–Kier alpha value is -4.00. The highest BCUT2D eigenvalue weighted by molar-refractivity contribution is 6.08. The predicted molar refractivity (Wildman–Crippen MR) is 125 cm³/mol. The molecule has 0 bridgehead atoms. The number of benzene rings is 2. The molecule has 1 aromatic heterocycles. The molecule has 0 saturated heterocycles. The highest BCUT2D eigenvalue weighted by Gasteiger charge is 2.14. The minimum absolute atomic E-state index is 0.0565. The molecular weight excluding hydrogens is 422 g/mol. The molecule has 0 radical (unpaired) electrons. The van der Waals surface area contributed by atoms with Crippen LogP contribution in [-0.2, 0) is 16.1 Å². The maximum Gasteiger partial charge on any atom is 0.343 e. The van der Waals surface area contributed by atoms with E-state index in [0.29, 0.717) is 35.1 Å². The number of ether oxygens (including phenoxy) is 4. The van der Waals surface area contributed by atoms with E-state index in [1.807, 2.05) is 42.0 Å². The number of aromatic nitrogens is 1. The van der Waals surface area contributed by atoms with E-state index in [4.69, 9.17) is 14.2 Å². The number of allylic oxidation sites excluding steroid dienone is 1. The second-order valence-corrected chi connectivity index (χ2v) is 7.32. The van der Waals surface area contributed by atoms with E-state index in [1.54, 1.807) is 50.6 Å². The van der Waals surface area contributed by atoms with Crippen LogP contribution in [0.5, 0.6) is 17.2 Å². The van der Waals surface area contributed by atoms with Gasteiger partial charge in [0.1, 0.15) is 17.2 Å². The molecule has 0 aliphatic heterocycles. The SMILES string of the molecule is COC(=O)COc1cc(C=CCn2cc(C)cc2C(=O)c2ccc(OC)cc2)cc(OC)c1. The summed E-state index contributed by atoms with van der Waals surface area (Å²) in [6, 6.07) is 14.3. The van der Waals surface area contributed by atoms with Crippen LogP contribution in [0.2, 0.25) is 0 Å². The number of methoxy groups -OCH3 is 3. The van der Waals surface area contributed by atoms with Gasteiger partial charge in [0.15, 0.2) is 6.61 Å². The molecule has 0 atom stereocenters. The molecule has 2 aromatic carbocycles. The van der Waals surface area contributed by atoms with Gasteiger partial charge in [0, 0.05) is 24.4 Å². The number of carbonyl (C=O) groups excluding carboxylic acids is 2. The Morgan fingerprint density at radius 1 is 0.909 bits per heavy atom. The summed E-state index contributed by atoms with van der Waals surface area (Å²) in [6.07, 6.45) is 5.80. The van der Waals surface area contributed by atoms with E-state index in [2.05, 4.69) is 4.74 Å². The van der Waals surface area contributed by atoms with Crippen LogP contribution in [0.1, 0.15) is 27.2 Å². The zero-order valence-electron chi connectivity index (χ0n) is 19.2. The summed E-state index contributed by atoms with van der Waals surface area (Å²) in [4.78, 5) is 24.4. The van der Waals surface area contributed by atoms with Gasteiger partial charge in [0.25, 0.3) is 0 Å². The molecule has 0 fully saturated rings. The Morgan fingerprint density at radius 2 is 1.61 bits per heavy atom. The summed E-state index contributed by atoms with van der Waals surface area (Å²) >= 11 is 0. The first-order chi connectivity index (χ1) is 15.9. The predicted octanol–water partition coefficient (Wildman–Crippen LogP) is 4.31. The number of nitrogens with zero attached hydrogens (tertiary/aromatic N) is 1. The van der Waals surface area contributed by atoms with Crippen LogP contribution in [0.15, 0.2) is 60.8 Å². The van der Waals surface area contributed by atoms with E-state index in [-0.39, 0.29) is 12.4 Å². The Bertz CT molecular complexity index is 1140. The van der Waals surface area contributed by atoms with Crippen LogP contribution in [0.4, 0.5) is 0 Å². The average molecular weight is 450 g/mol. The summed E-state index contributed by atoms with van der Waals surface area (Å²) in [6.45, 7) is 2.27. The van der Waals surface area contributed by atoms with Crippen LogP contribution in [0.25, 0.3) is 6.08 Å². The third-order valence-electron chi connectivity index (χ3n) is 4.95. The Balaban J connectivity index is 1.76. The average Bonchev–Trinajstić information content (AvgIpc) is 3.22. The molecule has 3 rings (SSSR count). The summed E-state index contributed by atoms with van der Waals surface area (Å²) in [5.74, 6) is 1.27. The molecule has 172 valence electrons. The van der Waals surface area contributed by atoms with Gasteiger partial charge in [-0.3, -0.25) is 4.79 Å². The van der Waals surface area contributed by atoms with E-state index >= 15 is 0 Å². The van der Waals surface area contributed by atoms with Crippen LogP contribution < -0.4 is 14.2 Å². The van der Waals surface area contributed by atoms with Crippen LogP contribution in [-0.4, -0.2) is 44.3 Å². The van der Waals surface area contributed by atoms with Crippen molar-refractivity contribution in [3.05, 3.63) is 83.2 Å². The van der Waals surface area contributed by atoms with Gasteiger partial charge in [-0.05, 0) is 60.5 Å². The minimum atomic E-state index is -0.466. The lowest BCUT2D eigenvalue weighted by Gasteiger charge is -2.09. The molecule has 7 heteroatoms. The molecular formula is C26H27NO6. The third-order valence-corrected chi connectivity index (χ3v) is 4.95. The lowest BCUT2D eigenvalue weighted by Crippen LogP contribution is -2.12. The van der Waals surface area contributed by atoms with Crippen molar-refractivity contribution in [3.8, 4) is 17.2 Å². The lowest BCUT2D eigenvalue weighted by atomic mass is 10.1. The van der Waals surface area contributed by atoms with Crippen molar-refractivity contribution in [1.29, 1.82) is 0 Å². The Morgan fingerprint density at radius 3 is 2.27 bits per heavy atom. The zero-order valence-corrected chi connectivity index (χ0v) is 19.2. The fourth-order valence-electron chi connectivity index (χ4n) is 3.28. The van der Waals surface area contributed by atoms with Gasteiger partial charge in [-0.1, -0.05) is 12.2 Å². The molecule has 0 aliphatic carbocycles. The van der Waals surface area contributed by atoms with Crippen molar-refractivity contribution in [2.75, 3.05) is 27.9 Å². The summed E-state index contributed by atoms with van der Waals surface area (Å²) in [5.41, 5.74) is 3.04. The molecule has 0 saturated carbocycles. The highest BCUT2D eigenvalue weighted by atomic mass is 16.6. The Kier molecular flexibility index (Phi) is 7.91. The molecule has 3 aromatic rings. The van der Waals surface area contributed by atoms with Crippen molar-refractivity contribution >= 4 is 17.8 Å². The first-order valence-electron chi connectivity index (χ1n) is 10.3. The zero-order chi connectivity index (χ0) is 23.8. The second kappa shape index (κ2) is 11.0. The number of ketones is 1. The number of esters is 1. The largest absolute Gasteiger partial charge is 0.497 e. The summed E-state index contributed by atoms with van der Waals surface area (Å²) < 4.78 is 22.5. The smallest absolute Gasteiger partial charge is 0.343 e.